The van der Waals surface area contributed by atoms with Gasteiger partial charge in [0.05, 0.1) is 0 Å². The van der Waals surface area contributed by atoms with E-state index in [1.54, 1.807) is 0 Å². The predicted octanol–water partition coefficient (Wildman–Crippen LogP) is 4.22. The van der Waals surface area contributed by atoms with E-state index in [2.05, 4.69) is 9.97 Å². The van der Waals surface area contributed by atoms with Crippen molar-refractivity contribution in [1.29, 1.82) is 0 Å². The van der Waals surface area contributed by atoms with Gasteiger partial charge in [-0.25, -0.2) is 9.97 Å². The van der Waals surface area contributed by atoms with E-state index >= 15 is 0 Å². The third-order valence-corrected chi connectivity index (χ3v) is 4.19. The molecule has 1 atom stereocenters. The normalized spacial score (nSPS) is 18.4. The van der Waals surface area contributed by atoms with E-state index in [1.807, 2.05) is 29.2 Å². The van der Waals surface area contributed by atoms with Crippen LogP contribution in [0.5, 0.6) is 0 Å². The Balaban J connectivity index is 1.66. The molecule has 1 aromatic carbocycles. The smallest absolute Gasteiger partial charge is 0.356 e. The summed E-state index contributed by atoms with van der Waals surface area (Å²) in [5.41, 5.74) is 1.18. The van der Waals surface area contributed by atoms with E-state index in [4.69, 9.17) is 11.6 Å². The lowest BCUT2D eigenvalue weighted by Crippen LogP contribution is -2.23. The van der Waals surface area contributed by atoms with Gasteiger partial charge >= 0.3 is 6.18 Å². The SMILES string of the molecule is FC(F)(F)c1nccc(N2CCC(Cc3ccc(Cl)cc3)C2)n1. The minimum absolute atomic E-state index is 0.339. The molecule has 0 saturated carbocycles. The highest BCUT2D eigenvalue weighted by molar-refractivity contribution is 6.30. The van der Waals surface area contributed by atoms with Crippen molar-refractivity contribution in [2.24, 2.45) is 5.92 Å². The third-order valence-electron chi connectivity index (χ3n) is 3.94. The van der Waals surface area contributed by atoms with Crippen LogP contribution in [-0.2, 0) is 12.6 Å². The molecule has 122 valence electrons. The van der Waals surface area contributed by atoms with Crippen LogP contribution in [0.25, 0.3) is 0 Å². The number of hydrogen-bond acceptors (Lipinski definition) is 3. The number of aromatic nitrogens is 2. The summed E-state index contributed by atoms with van der Waals surface area (Å²) in [6.45, 7) is 1.39. The fourth-order valence-corrected chi connectivity index (χ4v) is 2.95. The minimum atomic E-state index is -4.52. The molecule has 0 bridgehead atoms. The van der Waals surface area contributed by atoms with Gasteiger partial charge in [-0.2, -0.15) is 13.2 Å². The van der Waals surface area contributed by atoms with Crippen LogP contribution in [0, 0.1) is 5.92 Å². The van der Waals surface area contributed by atoms with Gasteiger partial charge in [0, 0.05) is 24.3 Å². The molecule has 0 spiro atoms. The van der Waals surface area contributed by atoms with Crippen LogP contribution in [0.15, 0.2) is 36.5 Å². The lowest BCUT2D eigenvalue weighted by atomic mass is 9.99. The van der Waals surface area contributed by atoms with Gasteiger partial charge in [0.1, 0.15) is 5.82 Å². The quantitative estimate of drug-likeness (QED) is 0.837. The van der Waals surface area contributed by atoms with Crippen LogP contribution < -0.4 is 4.90 Å². The Morgan fingerprint density at radius 3 is 2.61 bits per heavy atom. The number of anilines is 1. The second-order valence-electron chi connectivity index (χ2n) is 5.67. The van der Waals surface area contributed by atoms with Crippen molar-refractivity contribution in [1.82, 2.24) is 9.97 Å². The minimum Gasteiger partial charge on any atom is -0.356 e. The standard InChI is InChI=1S/C16H15ClF3N3/c17-13-3-1-11(2-4-13)9-12-6-8-23(10-12)14-5-7-21-15(22-14)16(18,19)20/h1-5,7,12H,6,8-10H2. The molecule has 2 aromatic rings. The lowest BCUT2D eigenvalue weighted by molar-refractivity contribution is -0.144. The molecule has 1 unspecified atom stereocenters. The Hall–Kier alpha value is -1.82. The largest absolute Gasteiger partial charge is 0.451 e. The monoisotopic (exact) mass is 341 g/mol. The summed E-state index contributed by atoms with van der Waals surface area (Å²) in [7, 11) is 0. The molecule has 1 aromatic heterocycles. The first-order valence-corrected chi connectivity index (χ1v) is 7.69. The Labute approximate surface area is 137 Å². The lowest BCUT2D eigenvalue weighted by Gasteiger charge is -2.18. The van der Waals surface area contributed by atoms with Gasteiger partial charge in [-0.05, 0) is 42.5 Å². The van der Waals surface area contributed by atoms with E-state index in [-0.39, 0.29) is 0 Å². The topological polar surface area (TPSA) is 29.0 Å². The van der Waals surface area contributed by atoms with Crippen molar-refractivity contribution in [2.75, 3.05) is 18.0 Å². The molecule has 0 amide bonds. The predicted molar refractivity (Wildman–Crippen MR) is 82.5 cm³/mol. The summed E-state index contributed by atoms with van der Waals surface area (Å²) in [4.78, 5) is 8.84. The van der Waals surface area contributed by atoms with Crippen LogP contribution in [0.4, 0.5) is 19.0 Å². The van der Waals surface area contributed by atoms with Crippen LogP contribution in [0.1, 0.15) is 17.8 Å². The highest BCUT2D eigenvalue weighted by Crippen LogP contribution is 2.29. The Kier molecular flexibility index (Phi) is 4.43. The maximum absolute atomic E-state index is 12.7. The molecule has 1 aliphatic rings. The van der Waals surface area contributed by atoms with Crippen LogP contribution in [0.3, 0.4) is 0 Å². The molecule has 0 aliphatic carbocycles. The summed E-state index contributed by atoms with van der Waals surface area (Å²) in [5.74, 6) is -0.359. The molecule has 0 N–H and O–H groups in total. The van der Waals surface area contributed by atoms with Crippen molar-refractivity contribution in [3.63, 3.8) is 0 Å². The van der Waals surface area contributed by atoms with Crippen molar-refractivity contribution in [2.45, 2.75) is 19.0 Å². The van der Waals surface area contributed by atoms with Gasteiger partial charge in [-0.1, -0.05) is 23.7 Å². The van der Waals surface area contributed by atoms with Crippen molar-refractivity contribution in [3.8, 4) is 0 Å². The molecule has 2 heterocycles. The number of rotatable bonds is 3. The summed E-state index contributed by atoms with van der Waals surface area (Å²) >= 11 is 5.87. The molecular formula is C16H15ClF3N3. The summed E-state index contributed by atoms with van der Waals surface area (Å²) < 4.78 is 38.1. The molecule has 1 saturated heterocycles. The number of alkyl halides is 3. The first-order chi connectivity index (χ1) is 10.9. The molecule has 1 aliphatic heterocycles. The zero-order chi connectivity index (χ0) is 16.4. The molecule has 1 fully saturated rings. The van der Waals surface area contributed by atoms with E-state index < -0.39 is 12.0 Å². The van der Waals surface area contributed by atoms with Gasteiger partial charge in [-0.15, -0.1) is 0 Å². The summed E-state index contributed by atoms with van der Waals surface area (Å²) in [6.07, 6.45) is -1.55. The van der Waals surface area contributed by atoms with E-state index in [9.17, 15) is 13.2 Å². The first kappa shape index (κ1) is 16.1. The van der Waals surface area contributed by atoms with E-state index in [1.165, 1.54) is 11.6 Å². The van der Waals surface area contributed by atoms with Gasteiger partial charge < -0.3 is 4.90 Å². The van der Waals surface area contributed by atoms with Crippen LogP contribution >= 0.6 is 11.6 Å². The summed E-state index contributed by atoms with van der Waals surface area (Å²) in [6, 6.07) is 9.20. The first-order valence-electron chi connectivity index (χ1n) is 7.31. The number of nitrogens with zero attached hydrogens (tertiary/aromatic N) is 3. The molecule has 23 heavy (non-hydrogen) atoms. The van der Waals surface area contributed by atoms with Gasteiger partial charge in [0.25, 0.3) is 0 Å². The number of benzene rings is 1. The zero-order valence-corrected chi connectivity index (χ0v) is 13.0. The molecular weight excluding hydrogens is 327 g/mol. The maximum Gasteiger partial charge on any atom is 0.451 e. The highest BCUT2D eigenvalue weighted by atomic mass is 35.5. The van der Waals surface area contributed by atoms with Crippen LogP contribution in [0.2, 0.25) is 5.02 Å². The van der Waals surface area contributed by atoms with Gasteiger partial charge in [-0.3, -0.25) is 0 Å². The number of hydrogen-bond donors (Lipinski definition) is 0. The van der Waals surface area contributed by atoms with Gasteiger partial charge in [0.2, 0.25) is 5.82 Å². The zero-order valence-electron chi connectivity index (χ0n) is 12.2. The third kappa shape index (κ3) is 3.93. The van der Waals surface area contributed by atoms with E-state index in [0.29, 0.717) is 29.8 Å². The fraction of sp³-hybridized carbons (Fsp3) is 0.375. The van der Waals surface area contributed by atoms with Crippen molar-refractivity contribution >= 4 is 17.4 Å². The Bertz CT molecular complexity index is 673. The Morgan fingerprint density at radius 2 is 1.91 bits per heavy atom. The fourth-order valence-electron chi connectivity index (χ4n) is 2.82. The average Bonchev–Trinajstić information content (AvgIpc) is 2.97. The second kappa shape index (κ2) is 6.35. The molecule has 3 nitrogen and oxygen atoms in total. The van der Waals surface area contributed by atoms with Crippen molar-refractivity contribution in [3.05, 3.63) is 52.9 Å². The summed E-state index contributed by atoms with van der Waals surface area (Å²) in [5, 5.41) is 0.697. The second-order valence-corrected chi connectivity index (χ2v) is 6.10. The van der Waals surface area contributed by atoms with E-state index in [0.717, 1.165) is 19.0 Å². The maximum atomic E-state index is 12.7. The number of halogens is 4. The molecule has 0 radical (unpaired) electrons. The average molecular weight is 342 g/mol. The molecule has 7 heteroatoms. The van der Waals surface area contributed by atoms with Crippen LogP contribution in [-0.4, -0.2) is 23.1 Å². The highest BCUT2D eigenvalue weighted by Gasteiger charge is 2.35. The van der Waals surface area contributed by atoms with Gasteiger partial charge in [0.15, 0.2) is 0 Å². The Morgan fingerprint density at radius 1 is 1.17 bits per heavy atom. The molecule has 3 rings (SSSR count). The van der Waals surface area contributed by atoms with Crippen molar-refractivity contribution < 1.29 is 13.2 Å².